The van der Waals surface area contributed by atoms with Gasteiger partial charge in [0.15, 0.2) is 0 Å². The van der Waals surface area contributed by atoms with Gasteiger partial charge in [-0.25, -0.2) is 8.42 Å². The zero-order valence-electron chi connectivity index (χ0n) is 12.7. The van der Waals surface area contributed by atoms with Crippen LogP contribution in [0.4, 0.5) is 0 Å². The molecule has 0 aliphatic rings. The topological polar surface area (TPSA) is 76.4 Å². The van der Waals surface area contributed by atoms with E-state index in [1.807, 2.05) is 0 Å². The van der Waals surface area contributed by atoms with Gasteiger partial charge in [-0.15, -0.1) is 0 Å². The fourth-order valence-corrected chi connectivity index (χ4v) is 3.16. The van der Waals surface area contributed by atoms with Crippen LogP contribution in [0.25, 0.3) is 6.08 Å². The number of nitriles is 1. The highest BCUT2D eigenvalue weighted by molar-refractivity contribution is 7.95. The summed E-state index contributed by atoms with van der Waals surface area (Å²) in [6.07, 6.45) is 1.28. The number of sulfone groups is 1. The van der Waals surface area contributed by atoms with Crippen molar-refractivity contribution in [3.05, 3.63) is 59.0 Å². The lowest BCUT2D eigenvalue weighted by atomic mass is 10.1. The molecule has 2 aromatic carbocycles. The molecular formula is C17H15NO4S. The van der Waals surface area contributed by atoms with Gasteiger partial charge in [-0.2, -0.15) is 5.26 Å². The standard InChI is InChI=1S/C17H15NO4S/c1-21-14-8-9-17(22-2)13(10-14)11-16(12-18)23(19,20)15-6-4-3-5-7-15/h3-11H,1-2H3/b16-11-. The molecule has 23 heavy (non-hydrogen) atoms. The van der Waals surface area contributed by atoms with Gasteiger partial charge >= 0.3 is 0 Å². The minimum Gasteiger partial charge on any atom is -0.497 e. The zero-order valence-corrected chi connectivity index (χ0v) is 13.5. The molecule has 118 valence electrons. The van der Waals surface area contributed by atoms with Gasteiger partial charge in [0.1, 0.15) is 22.5 Å². The van der Waals surface area contributed by atoms with Crippen LogP contribution in [0.1, 0.15) is 5.56 Å². The van der Waals surface area contributed by atoms with Crippen LogP contribution in [-0.4, -0.2) is 22.6 Å². The van der Waals surface area contributed by atoms with Gasteiger partial charge in [0.2, 0.25) is 9.84 Å². The Balaban J connectivity index is 2.58. The van der Waals surface area contributed by atoms with Gasteiger partial charge < -0.3 is 9.47 Å². The SMILES string of the molecule is COc1ccc(OC)c(/C=C(/C#N)S(=O)(=O)c2ccccc2)c1. The molecule has 0 amide bonds. The molecule has 0 spiro atoms. The molecule has 0 aromatic heterocycles. The molecule has 0 heterocycles. The highest BCUT2D eigenvalue weighted by atomic mass is 32.2. The molecule has 0 aliphatic carbocycles. The summed E-state index contributed by atoms with van der Waals surface area (Å²) >= 11 is 0. The van der Waals surface area contributed by atoms with Gasteiger partial charge in [0.25, 0.3) is 0 Å². The third kappa shape index (κ3) is 3.52. The van der Waals surface area contributed by atoms with Crippen LogP contribution >= 0.6 is 0 Å². The molecule has 0 unspecified atom stereocenters. The van der Waals surface area contributed by atoms with Gasteiger partial charge in [-0.3, -0.25) is 0 Å². The molecule has 0 bridgehead atoms. The summed E-state index contributed by atoms with van der Waals surface area (Å²) in [6.45, 7) is 0. The highest BCUT2D eigenvalue weighted by Gasteiger charge is 2.21. The predicted octanol–water partition coefficient (Wildman–Crippen LogP) is 3.04. The van der Waals surface area contributed by atoms with Crippen molar-refractivity contribution in [2.45, 2.75) is 4.90 Å². The van der Waals surface area contributed by atoms with E-state index in [1.165, 1.54) is 32.4 Å². The summed E-state index contributed by atoms with van der Waals surface area (Å²) < 4.78 is 35.4. The Morgan fingerprint density at radius 3 is 2.35 bits per heavy atom. The number of allylic oxidation sites excluding steroid dienone is 1. The summed E-state index contributed by atoms with van der Waals surface area (Å²) in [7, 11) is -0.920. The number of rotatable bonds is 5. The normalized spacial score (nSPS) is 11.6. The van der Waals surface area contributed by atoms with Crippen LogP contribution in [0, 0.1) is 11.3 Å². The summed E-state index contributed by atoms with van der Waals surface area (Å²) in [6, 6.07) is 14.5. The molecule has 2 aromatic rings. The molecular weight excluding hydrogens is 314 g/mol. The summed E-state index contributed by atoms with van der Waals surface area (Å²) in [5, 5.41) is 9.30. The van der Waals surface area contributed by atoms with E-state index in [4.69, 9.17) is 9.47 Å². The molecule has 0 atom stereocenters. The first-order valence-electron chi connectivity index (χ1n) is 6.67. The van der Waals surface area contributed by atoms with E-state index in [1.54, 1.807) is 42.5 Å². The number of methoxy groups -OCH3 is 2. The van der Waals surface area contributed by atoms with Gasteiger partial charge in [-0.05, 0) is 36.4 Å². The third-order valence-electron chi connectivity index (χ3n) is 3.18. The lowest BCUT2D eigenvalue weighted by molar-refractivity contribution is 0.402. The summed E-state index contributed by atoms with van der Waals surface area (Å²) in [5.41, 5.74) is 0.447. The van der Waals surface area contributed by atoms with Crippen LogP contribution in [-0.2, 0) is 9.84 Å². The van der Waals surface area contributed by atoms with Crippen LogP contribution < -0.4 is 9.47 Å². The number of hydrogen-bond acceptors (Lipinski definition) is 5. The van der Waals surface area contributed by atoms with Crippen molar-refractivity contribution in [2.24, 2.45) is 0 Å². The van der Waals surface area contributed by atoms with Gasteiger partial charge in [0.05, 0.1) is 19.1 Å². The lowest BCUT2D eigenvalue weighted by Crippen LogP contribution is -2.03. The predicted molar refractivity (Wildman–Crippen MR) is 86.8 cm³/mol. The largest absolute Gasteiger partial charge is 0.497 e. The molecule has 0 saturated carbocycles. The Hall–Kier alpha value is -2.78. The Morgan fingerprint density at radius 1 is 1.09 bits per heavy atom. The minimum atomic E-state index is -3.89. The number of nitrogens with zero attached hydrogens (tertiary/aromatic N) is 1. The van der Waals surface area contributed by atoms with E-state index in [0.29, 0.717) is 17.1 Å². The third-order valence-corrected chi connectivity index (χ3v) is 4.86. The maximum absolute atomic E-state index is 12.6. The first-order valence-corrected chi connectivity index (χ1v) is 8.15. The smallest absolute Gasteiger partial charge is 0.216 e. The Kier molecular flexibility index (Phi) is 5.04. The van der Waals surface area contributed by atoms with Crippen molar-refractivity contribution in [1.82, 2.24) is 0 Å². The van der Waals surface area contributed by atoms with Crippen molar-refractivity contribution >= 4 is 15.9 Å². The second-order valence-corrected chi connectivity index (χ2v) is 6.46. The second kappa shape index (κ2) is 6.99. The average Bonchev–Trinajstić information content (AvgIpc) is 2.59. The average molecular weight is 329 g/mol. The molecule has 0 aliphatic heterocycles. The van der Waals surface area contributed by atoms with Crippen LogP contribution in [0.3, 0.4) is 0 Å². The van der Waals surface area contributed by atoms with Gasteiger partial charge in [-0.1, -0.05) is 18.2 Å². The summed E-state index contributed by atoms with van der Waals surface area (Å²) in [4.78, 5) is -0.301. The molecule has 0 N–H and O–H groups in total. The fourth-order valence-electron chi connectivity index (χ4n) is 1.99. The lowest BCUT2D eigenvalue weighted by Gasteiger charge is -2.08. The van der Waals surface area contributed by atoms with E-state index < -0.39 is 9.84 Å². The van der Waals surface area contributed by atoms with Gasteiger partial charge in [0, 0.05) is 5.56 Å². The second-order valence-electron chi connectivity index (χ2n) is 4.54. The van der Waals surface area contributed by atoms with E-state index in [2.05, 4.69) is 0 Å². The highest BCUT2D eigenvalue weighted by Crippen LogP contribution is 2.28. The first kappa shape index (κ1) is 16.6. The molecule has 0 radical (unpaired) electrons. The number of hydrogen-bond donors (Lipinski definition) is 0. The van der Waals surface area contributed by atoms with E-state index in [9.17, 15) is 13.7 Å². The maximum Gasteiger partial charge on any atom is 0.216 e. The Labute approximate surface area is 135 Å². The fraction of sp³-hybridized carbons (Fsp3) is 0.118. The van der Waals surface area contributed by atoms with Crippen molar-refractivity contribution < 1.29 is 17.9 Å². The Morgan fingerprint density at radius 2 is 1.78 bits per heavy atom. The number of ether oxygens (including phenoxy) is 2. The molecule has 0 saturated heterocycles. The van der Waals surface area contributed by atoms with E-state index in [0.717, 1.165) is 0 Å². The van der Waals surface area contributed by atoms with E-state index in [-0.39, 0.29) is 9.80 Å². The van der Waals surface area contributed by atoms with Crippen molar-refractivity contribution in [3.8, 4) is 17.6 Å². The zero-order chi connectivity index (χ0) is 16.9. The summed E-state index contributed by atoms with van der Waals surface area (Å²) in [5.74, 6) is 0.980. The van der Waals surface area contributed by atoms with E-state index >= 15 is 0 Å². The Bertz CT molecular complexity index is 865. The van der Waals surface area contributed by atoms with Crippen LogP contribution in [0.5, 0.6) is 11.5 Å². The molecule has 0 fully saturated rings. The van der Waals surface area contributed by atoms with Crippen molar-refractivity contribution in [2.75, 3.05) is 14.2 Å². The molecule has 5 nitrogen and oxygen atoms in total. The van der Waals surface area contributed by atoms with Crippen molar-refractivity contribution in [1.29, 1.82) is 5.26 Å². The quantitative estimate of drug-likeness (QED) is 0.788. The monoisotopic (exact) mass is 329 g/mol. The molecule has 2 rings (SSSR count). The minimum absolute atomic E-state index is 0.0645. The molecule has 6 heteroatoms. The van der Waals surface area contributed by atoms with Crippen LogP contribution in [0.2, 0.25) is 0 Å². The van der Waals surface area contributed by atoms with Crippen LogP contribution in [0.15, 0.2) is 58.3 Å². The van der Waals surface area contributed by atoms with Crippen molar-refractivity contribution in [3.63, 3.8) is 0 Å². The number of benzene rings is 2. The maximum atomic E-state index is 12.6. The first-order chi connectivity index (χ1) is 11.0.